The normalized spacial score (nSPS) is 19.6. The minimum Gasteiger partial charge on any atom is -0.480 e. The molecule has 1 atom stereocenters. The number of unbranched alkanes of at least 4 members (excludes halogenated alkanes) is 1. The van der Waals surface area contributed by atoms with Crippen LogP contribution < -0.4 is 4.72 Å². The van der Waals surface area contributed by atoms with Gasteiger partial charge in [0.25, 0.3) is 10.2 Å². The van der Waals surface area contributed by atoms with Crippen molar-refractivity contribution in [3.63, 3.8) is 0 Å². The van der Waals surface area contributed by atoms with E-state index in [9.17, 15) is 13.2 Å². The number of nitrogens with zero attached hydrogens (tertiary/aromatic N) is 1. The number of nitrogens with one attached hydrogen (secondary N) is 1. The van der Waals surface area contributed by atoms with Crippen molar-refractivity contribution in [1.29, 1.82) is 0 Å². The van der Waals surface area contributed by atoms with Crippen LogP contribution in [0.2, 0.25) is 0 Å². The lowest BCUT2D eigenvalue weighted by Gasteiger charge is -2.27. The molecule has 1 fully saturated rings. The maximum Gasteiger partial charge on any atom is 0.321 e. The Labute approximate surface area is 109 Å². The van der Waals surface area contributed by atoms with E-state index in [1.807, 2.05) is 6.92 Å². The maximum absolute atomic E-state index is 12.0. The van der Waals surface area contributed by atoms with Crippen LogP contribution in [0.4, 0.5) is 0 Å². The number of piperidine rings is 1. The van der Waals surface area contributed by atoms with Crippen LogP contribution in [-0.2, 0) is 15.0 Å². The van der Waals surface area contributed by atoms with E-state index in [0.717, 1.165) is 25.7 Å². The number of carboxylic acids is 1. The smallest absolute Gasteiger partial charge is 0.321 e. The summed E-state index contributed by atoms with van der Waals surface area (Å²) in [5, 5.41) is 9.02. The molecule has 1 saturated heterocycles. The second-order valence-corrected chi connectivity index (χ2v) is 6.32. The molecule has 1 heterocycles. The van der Waals surface area contributed by atoms with Gasteiger partial charge < -0.3 is 5.11 Å². The van der Waals surface area contributed by atoms with E-state index < -0.39 is 22.2 Å². The van der Waals surface area contributed by atoms with Gasteiger partial charge in [0, 0.05) is 13.1 Å². The van der Waals surface area contributed by atoms with Crippen molar-refractivity contribution in [3.05, 3.63) is 0 Å². The molecule has 1 rings (SSSR count). The molecule has 18 heavy (non-hydrogen) atoms. The second kappa shape index (κ2) is 7.06. The minimum absolute atomic E-state index is 0.332. The summed E-state index contributed by atoms with van der Waals surface area (Å²) >= 11 is 0. The van der Waals surface area contributed by atoms with Gasteiger partial charge in [-0.05, 0) is 19.3 Å². The lowest BCUT2D eigenvalue weighted by Crippen LogP contribution is -2.49. The van der Waals surface area contributed by atoms with Crippen molar-refractivity contribution in [2.45, 2.75) is 51.5 Å². The monoisotopic (exact) mass is 278 g/mol. The lowest BCUT2D eigenvalue weighted by molar-refractivity contribution is -0.139. The highest BCUT2D eigenvalue weighted by molar-refractivity contribution is 7.87. The molecule has 1 aliphatic rings. The van der Waals surface area contributed by atoms with Crippen LogP contribution in [0, 0.1) is 0 Å². The lowest BCUT2D eigenvalue weighted by atomic mass is 10.1. The number of carboxylic acid groups (broad SMARTS) is 1. The zero-order chi connectivity index (χ0) is 13.6. The van der Waals surface area contributed by atoms with Crippen LogP contribution in [0.5, 0.6) is 0 Å². The minimum atomic E-state index is -3.66. The largest absolute Gasteiger partial charge is 0.480 e. The highest BCUT2D eigenvalue weighted by Gasteiger charge is 2.29. The molecule has 2 N–H and O–H groups in total. The van der Waals surface area contributed by atoms with Gasteiger partial charge in [0.15, 0.2) is 0 Å². The molecule has 0 radical (unpaired) electrons. The summed E-state index contributed by atoms with van der Waals surface area (Å²) in [5.74, 6) is -1.11. The highest BCUT2D eigenvalue weighted by Crippen LogP contribution is 2.13. The summed E-state index contributed by atoms with van der Waals surface area (Å²) in [5.41, 5.74) is 0. The molecule has 1 unspecified atom stereocenters. The third-order valence-electron chi connectivity index (χ3n) is 3.09. The summed E-state index contributed by atoms with van der Waals surface area (Å²) < 4.78 is 27.7. The Hall–Kier alpha value is -0.660. The Kier molecular flexibility index (Phi) is 6.04. The van der Waals surface area contributed by atoms with Crippen LogP contribution in [0.25, 0.3) is 0 Å². The summed E-state index contributed by atoms with van der Waals surface area (Å²) in [4.78, 5) is 11.0. The summed E-state index contributed by atoms with van der Waals surface area (Å²) in [6, 6.07) is -1.02. The summed E-state index contributed by atoms with van der Waals surface area (Å²) in [7, 11) is -3.66. The standard InChI is InChI=1S/C11H22N2O4S/c1-2-3-7-10(11(14)15)12-18(16,17)13-8-5-4-6-9-13/h10,12H,2-9H2,1H3,(H,14,15). The van der Waals surface area contributed by atoms with Gasteiger partial charge in [0.1, 0.15) is 6.04 Å². The van der Waals surface area contributed by atoms with Gasteiger partial charge in [0.2, 0.25) is 0 Å². The molecular formula is C11H22N2O4S. The third kappa shape index (κ3) is 4.55. The first-order valence-electron chi connectivity index (χ1n) is 6.47. The van der Waals surface area contributed by atoms with Crippen molar-refractivity contribution in [2.75, 3.05) is 13.1 Å². The van der Waals surface area contributed by atoms with Gasteiger partial charge in [-0.15, -0.1) is 0 Å². The van der Waals surface area contributed by atoms with Crippen molar-refractivity contribution >= 4 is 16.2 Å². The van der Waals surface area contributed by atoms with E-state index in [4.69, 9.17) is 5.11 Å². The first-order chi connectivity index (χ1) is 8.47. The predicted molar refractivity (Wildman–Crippen MR) is 68.4 cm³/mol. The first kappa shape index (κ1) is 15.4. The molecule has 0 amide bonds. The average Bonchev–Trinajstić information content (AvgIpc) is 2.35. The average molecular weight is 278 g/mol. The topological polar surface area (TPSA) is 86.7 Å². The van der Waals surface area contributed by atoms with E-state index in [-0.39, 0.29) is 0 Å². The summed E-state index contributed by atoms with van der Waals surface area (Å²) in [6.45, 7) is 2.91. The predicted octanol–water partition coefficient (Wildman–Crippen LogP) is 0.950. The number of carbonyl (C=O) groups is 1. The molecule has 7 heteroatoms. The van der Waals surface area contributed by atoms with Crippen molar-refractivity contribution < 1.29 is 18.3 Å². The van der Waals surface area contributed by atoms with Gasteiger partial charge in [0.05, 0.1) is 0 Å². The zero-order valence-corrected chi connectivity index (χ0v) is 11.6. The van der Waals surface area contributed by atoms with Crippen LogP contribution in [-0.4, -0.2) is 42.9 Å². The van der Waals surface area contributed by atoms with E-state index in [0.29, 0.717) is 25.9 Å². The maximum atomic E-state index is 12.0. The Balaban J connectivity index is 2.62. The van der Waals surface area contributed by atoms with Gasteiger partial charge >= 0.3 is 5.97 Å². The van der Waals surface area contributed by atoms with Crippen molar-refractivity contribution in [1.82, 2.24) is 9.03 Å². The number of hydrogen-bond donors (Lipinski definition) is 2. The quantitative estimate of drug-likeness (QED) is 0.726. The zero-order valence-electron chi connectivity index (χ0n) is 10.8. The number of rotatable bonds is 7. The fraction of sp³-hybridized carbons (Fsp3) is 0.909. The molecule has 0 saturated carbocycles. The van der Waals surface area contributed by atoms with Crippen LogP contribution in [0.1, 0.15) is 45.4 Å². The molecular weight excluding hydrogens is 256 g/mol. The summed E-state index contributed by atoms with van der Waals surface area (Å²) in [6.07, 6.45) is 4.58. The molecule has 6 nitrogen and oxygen atoms in total. The molecule has 0 aromatic carbocycles. The number of hydrogen-bond acceptors (Lipinski definition) is 3. The van der Waals surface area contributed by atoms with Gasteiger partial charge in [-0.2, -0.15) is 17.4 Å². The van der Waals surface area contributed by atoms with Crippen molar-refractivity contribution in [3.8, 4) is 0 Å². The van der Waals surface area contributed by atoms with Gasteiger partial charge in [-0.1, -0.05) is 26.2 Å². The molecule has 0 aromatic rings. The molecule has 0 spiro atoms. The highest BCUT2D eigenvalue weighted by atomic mass is 32.2. The fourth-order valence-corrected chi connectivity index (χ4v) is 3.47. The van der Waals surface area contributed by atoms with E-state index in [1.165, 1.54) is 4.31 Å². The van der Waals surface area contributed by atoms with Crippen LogP contribution in [0.15, 0.2) is 0 Å². The third-order valence-corrected chi connectivity index (χ3v) is 4.72. The molecule has 0 aromatic heterocycles. The number of aliphatic carboxylic acids is 1. The van der Waals surface area contributed by atoms with Crippen LogP contribution >= 0.6 is 0 Å². The Morgan fingerprint density at radius 1 is 1.33 bits per heavy atom. The van der Waals surface area contributed by atoms with E-state index >= 15 is 0 Å². The fourth-order valence-electron chi connectivity index (χ4n) is 2.00. The second-order valence-electron chi connectivity index (χ2n) is 4.62. The Bertz CT molecular complexity index is 363. The van der Waals surface area contributed by atoms with Crippen molar-refractivity contribution in [2.24, 2.45) is 0 Å². The molecule has 0 bridgehead atoms. The van der Waals surface area contributed by atoms with Gasteiger partial charge in [-0.25, -0.2) is 0 Å². The molecule has 0 aliphatic carbocycles. The SMILES string of the molecule is CCCCC(NS(=O)(=O)N1CCCCC1)C(=O)O. The van der Waals surface area contributed by atoms with E-state index in [1.54, 1.807) is 0 Å². The van der Waals surface area contributed by atoms with Gasteiger partial charge in [-0.3, -0.25) is 4.79 Å². The molecule has 1 aliphatic heterocycles. The molecule has 106 valence electrons. The van der Waals surface area contributed by atoms with Crippen LogP contribution in [0.3, 0.4) is 0 Å². The van der Waals surface area contributed by atoms with E-state index in [2.05, 4.69) is 4.72 Å². The first-order valence-corrected chi connectivity index (χ1v) is 7.91. The Morgan fingerprint density at radius 2 is 1.94 bits per heavy atom. The Morgan fingerprint density at radius 3 is 2.44 bits per heavy atom.